The number of ether oxygens (including phenoxy) is 1. The molecule has 26 heavy (non-hydrogen) atoms. The first-order chi connectivity index (χ1) is 12.4. The molecule has 0 radical (unpaired) electrons. The number of carbonyl (C=O) groups excluding carboxylic acids is 1. The first-order valence-electron chi connectivity index (χ1n) is 8.38. The summed E-state index contributed by atoms with van der Waals surface area (Å²) in [6.45, 7) is 7.87. The molecule has 136 valence electrons. The SMILES string of the molecule is COc1ccc(-c2nc(NC(=O)c3cc(C)nn3C(C)C)sc2C)cc1. The number of methoxy groups -OCH3 is 1. The van der Waals surface area contributed by atoms with E-state index in [9.17, 15) is 4.79 Å². The highest BCUT2D eigenvalue weighted by Crippen LogP contribution is 2.31. The molecule has 0 aliphatic carbocycles. The molecule has 2 heterocycles. The lowest BCUT2D eigenvalue weighted by Gasteiger charge is -2.09. The van der Waals surface area contributed by atoms with Gasteiger partial charge in [-0.25, -0.2) is 4.98 Å². The molecule has 0 atom stereocenters. The van der Waals surface area contributed by atoms with Crippen molar-refractivity contribution in [3.05, 3.63) is 46.6 Å². The Balaban J connectivity index is 1.84. The molecule has 0 saturated carbocycles. The fraction of sp³-hybridized carbons (Fsp3) is 0.316. The zero-order valence-electron chi connectivity index (χ0n) is 15.5. The van der Waals surface area contributed by atoms with Crippen LogP contribution in [0.5, 0.6) is 5.75 Å². The molecule has 0 spiro atoms. The molecule has 1 amide bonds. The number of amides is 1. The summed E-state index contributed by atoms with van der Waals surface area (Å²) in [6, 6.07) is 9.62. The van der Waals surface area contributed by atoms with Gasteiger partial charge in [-0.15, -0.1) is 11.3 Å². The summed E-state index contributed by atoms with van der Waals surface area (Å²) in [5, 5.41) is 7.87. The van der Waals surface area contributed by atoms with Crippen LogP contribution in [-0.2, 0) is 0 Å². The van der Waals surface area contributed by atoms with E-state index in [0.717, 1.165) is 27.6 Å². The first kappa shape index (κ1) is 18.1. The number of hydrogen-bond acceptors (Lipinski definition) is 5. The van der Waals surface area contributed by atoms with E-state index in [2.05, 4.69) is 15.4 Å². The number of carbonyl (C=O) groups is 1. The minimum atomic E-state index is -0.200. The van der Waals surface area contributed by atoms with Gasteiger partial charge < -0.3 is 4.74 Å². The number of nitrogens with zero attached hydrogens (tertiary/aromatic N) is 3. The van der Waals surface area contributed by atoms with Crippen LogP contribution in [0.25, 0.3) is 11.3 Å². The number of benzene rings is 1. The third-order valence-electron chi connectivity index (χ3n) is 3.96. The number of hydrogen-bond donors (Lipinski definition) is 1. The number of aromatic nitrogens is 3. The van der Waals surface area contributed by atoms with Crippen molar-refractivity contribution in [1.29, 1.82) is 0 Å². The van der Waals surface area contributed by atoms with Crippen LogP contribution in [0.3, 0.4) is 0 Å². The maximum absolute atomic E-state index is 12.7. The summed E-state index contributed by atoms with van der Waals surface area (Å²) in [6.07, 6.45) is 0. The van der Waals surface area contributed by atoms with Gasteiger partial charge in [0.15, 0.2) is 5.13 Å². The molecule has 0 unspecified atom stereocenters. The molecule has 0 aliphatic heterocycles. The summed E-state index contributed by atoms with van der Waals surface area (Å²) in [5.41, 5.74) is 3.21. The zero-order valence-corrected chi connectivity index (χ0v) is 16.3. The molecule has 0 aliphatic rings. The molecule has 7 heteroatoms. The van der Waals surface area contributed by atoms with Crippen molar-refractivity contribution < 1.29 is 9.53 Å². The van der Waals surface area contributed by atoms with Crippen molar-refractivity contribution >= 4 is 22.4 Å². The second-order valence-corrected chi connectivity index (χ2v) is 7.52. The maximum atomic E-state index is 12.7. The smallest absolute Gasteiger partial charge is 0.275 e. The summed E-state index contributed by atoms with van der Waals surface area (Å²) in [4.78, 5) is 18.3. The van der Waals surface area contributed by atoms with Gasteiger partial charge >= 0.3 is 0 Å². The number of rotatable bonds is 5. The Morgan fingerprint density at radius 2 is 1.92 bits per heavy atom. The lowest BCUT2D eigenvalue weighted by molar-refractivity contribution is 0.101. The lowest BCUT2D eigenvalue weighted by atomic mass is 10.1. The average Bonchev–Trinajstić information content (AvgIpc) is 3.18. The highest BCUT2D eigenvalue weighted by atomic mass is 32.1. The molecular weight excluding hydrogens is 348 g/mol. The second kappa shape index (κ2) is 7.29. The quantitative estimate of drug-likeness (QED) is 0.720. The minimum absolute atomic E-state index is 0.109. The molecule has 2 aromatic heterocycles. The van der Waals surface area contributed by atoms with Gasteiger partial charge in [0.2, 0.25) is 0 Å². The molecule has 3 aromatic rings. The Bertz CT molecular complexity index is 926. The fourth-order valence-electron chi connectivity index (χ4n) is 2.71. The number of thiazole rings is 1. The molecular formula is C19H22N4O2S. The summed E-state index contributed by atoms with van der Waals surface area (Å²) >= 11 is 1.46. The minimum Gasteiger partial charge on any atom is -0.497 e. The Morgan fingerprint density at radius 3 is 2.54 bits per heavy atom. The normalized spacial score (nSPS) is 11.0. The van der Waals surface area contributed by atoms with Crippen LogP contribution in [0.4, 0.5) is 5.13 Å². The number of nitrogens with one attached hydrogen (secondary N) is 1. The van der Waals surface area contributed by atoms with Crippen molar-refractivity contribution in [2.45, 2.75) is 33.7 Å². The Kier molecular flexibility index (Phi) is 5.08. The molecule has 1 aromatic carbocycles. The van der Waals surface area contributed by atoms with Gasteiger partial charge in [0, 0.05) is 16.5 Å². The van der Waals surface area contributed by atoms with Gasteiger partial charge in [0.1, 0.15) is 11.4 Å². The van der Waals surface area contributed by atoms with E-state index in [0.29, 0.717) is 10.8 Å². The number of anilines is 1. The van der Waals surface area contributed by atoms with E-state index in [-0.39, 0.29) is 11.9 Å². The van der Waals surface area contributed by atoms with E-state index in [1.54, 1.807) is 17.9 Å². The van der Waals surface area contributed by atoms with Gasteiger partial charge in [0.05, 0.1) is 18.5 Å². The monoisotopic (exact) mass is 370 g/mol. The van der Waals surface area contributed by atoms with Crippen LogP contribution in [0.2, 0.25) is 0 Å². The van der Waals surface area contributed by atoms with Gasteiger partial charge in [-0.05, 0) is 58.0 Å². The largest absolute Gasteiger partial charge is 0.497 e. The molecule has 0 bridgehead atoms. The fourth-order valence-corrected chi connectivity index (χ4v) is 3.54. The van der Waals surface area contributed by atoms with E-state index < -0.39 is 0 Å². The van der Waals surface area contributed by atoms with E-state index >= 15 is 0 Å². The lowest BCUT2D eigenvalue weighted by Crippen LogP contribution is -2.18. The topological polar surface area (TPSA) is 69.0 Å². The van der Waals surface area contributed by atoms with Gasteiger partial charge in [-0.2, -0.15) is 5.10 Å². The predicted molar refractivity (Wildman–Crippen MR) is 104 cm³/mol. The van der Waals surface area contributed by atoms with Gasteiger partial charge in [-0.3, -0.25) is 14.8 Å². The van der Waals surface area contributed by atoms with E-state index in [1.165, 1.54) is 11.3 Å². The van der Waals surface area contributed by atoms with Crippen molar-refractivity contribution in [2.75, 3.05) is 12.4 Å². The highest BCUT2D eigenvalue weighted by molar-refractivity contribution is 7.16. The summed E-state index contributed by atoms with van der Waals surface area (Å²) < 4.78 is 6.92. The highest BCUT2D eigenvalue weighted by Gasteiger charge is 2.18. The first-order valence-corrected chi connectivity index (χ1v) is 9.20. The van der Waals surface area contributed by atoms with Crippen LogP contribution in [-0.4, -0.2) is 27.8 Å². The molecule has 0 saturated heterocycles. The Morgan fingerprint density at radius 1 is 1.23 bits per heavy atom. The van der Waals surface area contributed by atoms with Crippen molar-refractivity contribution in [1.82, 2.24) is 14.8 Å². The zero-order chi connectivity index (χ0) is 18.8. The van der Waals surface area contributed by atoms with Crippen LogP contribution in [0.1, 0.15) is 40.9 Å². The van der Waals surface area contributed by atoms with Crippen LogP contribution >= 0.6 is 11.3 Å². The third-order valence-corrected chi connectivity index (χ3v) is 4.85. The molecule has 6 nitrogen and oxygen atoms in total. The summed E-state index contributed by atoms with van der Waals surface area (Å²) in [7, 11) is 1.64. The van der Waals surface area contributed by atoms with Crippen molar-refractivity contribution in [3.63, 3.8) is 0 Å². The molecule has 3 rings (SSSR count). The number of aryl methyl sites for hydroxylation is 2. The Hall–Kier alpha value is -2.67. The van der Waals surface area contributed by atoms with Crippen molar-refractivity contribution in [2.24, 2.45) is 0 Å². The standard InChI is InChI=1S/C19H22N4O2S/c1-11(2)23-16(10-12(3)22-23)18(24)21-19-20-17(13(4)26-19)14-6-8-15(25-5)9-7-14/h6-11H,1-5H3,(H,20,21,24). The van der Waals surface area contributed by atoms with E-state index in [4.69, 9.17) is 4.74 Å². The van der Waals surface area contributed by atoms with Gasteiger partial charge in [-0.1, -0.05) is 0 Å². The van der Waals surface area contributed by atoms with Gasteiger partial charge in [0.25, 0.3) is 5.91 Å². The van der Waals surface area contributed by atoms with E-state index in [1.807, 2.05) is 52.0 Å². The molecule has 0 fully saturated rings. The van der Waals surface area contributed by atoms with Crippen LogP contribution in [0.15, 0.2) is 30.3 Å². The second-order valence-electron chi connectivity index (χ2n) is 6.32. The Labute approximate surface area is 156 Å². The average molecular weight is 370 g/mol. The molecule has 1 N–H and O–H groups in total. The third kappa shape index (κ3) is 3.62. The summed E-state index contributed by atoms with van der Waals surface area (Å²) in [5.74, 6) is 0.599. The van der Waals surface area contributed by atoms with Crippen LogP contribution < -0.4 is 10.1 Å². The van der Waals surface area contributed by atoms with Crippen LogP contribution in [0, 0.1) is 13.8 Å². The van der Waals surface area contributed by atoms with Crippen molar-refractivity contribution in [3.8, 4) is 17.0 Å². The maximum Gasteiger partial charge on any atom is 0.275 e. The predicted octanol–water partition coefficient (Wildman–Crippen LogP) is 4.47.